The number of hydrogen-bond donors (Lipinski definition) is 4. The Labute approximate surface area is 75.7 Å². The minimum Gasteiger partial charge on any atom is -0.480 e. The third-order valence-corrected chi connectivity index (χ3v) is 1.66. The normalized spacial score (nSPS) is 14.9. The highest BCUT2D eigenvalue weighted by molar-refractivity contribution is 7.80. The Morgan fingerprint density at radius 2 is 2.17 bits per heavy atom. The molecule has 0 aliphatic heterocycles. The van der Waals surface area contributed by atoms with E-state index in [1.54, 1.807) is 0 Å². The number of hydrogen-bond acceptors (Lipinski definition) is 4. The zero-order valence-electron chi connectivity index (χ0n) is 6.65. The van der Waals surface area contributed by atoms with E-state index < -0.39 is 24.0 Å². The Morgan fingerprint density at radius 1 is 1.67 bits per heavy atom. The zero-order chi connectivity index (χ0) is 9.72. The van der Waals surface area contributed by atoms with E-state index in [2.05, 4.69) is 17.9 Å². The number of carbonyl (C=O) groups is 2. The number of carbonyl (C=O) groups excluding carboxylic acids is 1. The summed E-state index contributed by atoms with van der Waals surface area (Å²) in [6.07, 6.45) is 0. The monoisotopic (exact) mass is 192 g/mol. The molecule has 4 N–H and O–H groups in total. The van der Waals surface area contributed by atoms with E-state index >= 15 is 0 Å². The van der Waals surface area contributed by atoms with Crippen LogP contribution in [-0.2, 0) is 9.59 Å². The Balaban J connectivity index is 3.92. The minimum absolute atomic E-state index is 0.193. The predicted octanol–water partition coefficient (Wildman–Crippen LogP) is -1.17. The molecule has 0 aliphatic carbocycles. The molecule has 12 heavy (non-hydrogen) atoms. The van der Waals surface area contributed by atoms with Crippen molar-refractivity contribution in [3.8, 4) is 0 Å². The van der Waals surface area contributed by atoms with E-state index in [9.17, 15) is 9.59 Å². The van der Waals surface area contributed by atoms with Crippen molar-refractivity contribution >= 4 is 24.5 Å². The van der Waals surface area contributed by atoms with Gasteiger partial charge in [0.2, 0.25) is 5.91 Å². The van der Waals surface area contributed by atoms with Crippen LogP contribution >= 0.6 is 12.6 Å². The average molecular weight is 192 g/mol. The highest BCUT2D eigenvalue weighted by Gasteiger charge is 2.17. The molecule has 0 saturated carbocycles. The standard InChI is InChI=1S/C6H12N2O3S/c1-3(6(10)11)8-5(9)4(7)2-12/h3-4,12H,2,7H2,1H3,(H,8,9)(H,10,11)/t3-,4-/m1/s1. The number of amides is 1. The molecule has 5 nitrogen and oxygen atoms in total. The molecule has 0 aromatic rings. The summed E-state index contributed by atoms with van der Waals surface area (Å²) in [4.78, 5) is 21.2. The van der Waals surface area contributed by atoms with Crippen LogP contribution < -0.4 is 11.1 Å². The van der Waals surface area contributed by atoms with Crippen LogP contribution in [-0.4, -0.2) is 34.8 Å². The first-order valence-electron chi connectivity index (χ1n) is 3.38. The fourth-order valence-electron chi connectivity index (χ4n) is 0.465. The maximum atomic E-state index is 10.9. The van der Waals surface area contributed by atoms with Crippen LogP contribution in [0.3, 0.4) is 0 Å². The van der Waals surface area contributed by atoms with E-state index in [4.69, 9.17) is 10.8 Å². The maximum Gasteiger partial charge on any atom is 0.325 e. The minimum atomic E-state index is -1.09. The lowest BCUT2D eigenvalue weighted by Gasteiger charge is -2.12. The van der Waals surface area contributed by atoms with Crippen molar-refractivity contribution in [3.63, 3.8) is 0 Å². The van der Waals surface area contributed by atoms with Crippen LogP contribution in [0.15, 0.2) is 0 Å². The van der Waals surface area contributed by atoms with Crippen LogP contribution in [0.25, 0.3) is 0 Å². The van der Waals surface area contributed by atoms with Gasteiger partial charge in [0.15, 0.2) is 0 Å². The van der Waals surface area contributed by atoms with Gasteiger partial charge in [-0.3, -0.25) is 9.59 Å². The number of nitrogens with one attached hydrogen (secondary N) is 1. The number of carboxylic acids is 1. The Bertz CT molecular complexity index is 186. The van der Waals surface area contributed by atoms with Crippen molar-refractivity contribution in [2.24, 2.45) is 5.73 Å². The van der Waals surface area contributed by atoms with Gasteiger partial charge in [0, 0.05) is 5.75 Å². The van der Waals surface area contributed by atoms with E-state index in [-0.39, 0.29) is 5.75 Å². The number of carboxylic acid groups (broad SMARTS) is 1. The summed E-state index contributed by atoms with van der Waals surface area (Å²) in [5, 5.41) is 10.6. The highest BCUT2D eigenvalue weighted by atomic mass is 32.1. The van der Waals surface area contributed by atoms with E-state index in [0.29, 0.717) is 0 Å². The molecule has 6 heteroatoms. The van der Waals surface area contributed by atoms with Gasteiger partial charge in [0.25, 0.3) is 0 Å². The third kappa shape index (κ3) is 3.59. The molecule has 0 saturated heterocycles. The summed E-state index contributed by atoms with van der Waals surface area (Å²) in [6.45, 7) is 1.37. The van der Waals surface area contributed by atoms with Crippen molar-refractivity contribution in [1.29, 1.82) is 0 Å². The molecule has 0 bridgehead atoms. The first kappa shape index (κ1) is 11.2. The van der Waals surface area contributed by atoms with Gasteiger partial charge in [0.1, 0.15) is 6.04 Å². The predicted molar refractivity (Wildman–Crippen MR) is 47.1 cm³/mol. The smallest absolute Gasteiger partial charge is 0.325 e. The molecule has 0 rings (SSSR count). The van der Waals surface area contributed by atoms with Crippen molar-refractivity contribution < 1.29 is 14.7 Å². The molecule has 1 amide bonds. The van der Waals surface area contributed by atoms with Crippen LogP contribution in [0, 0.1) is 0 Å². The lowest BCUT2D eigenvalue weighted by atomic mass is 10.3. The fourth-order valence-corrected chi connectivity index (χ4v) is 0.631. The fraction of sp³-hybridized carbons (Fsp3) is 0.667. The number of rotatable bonds is 4. The molecule has 0 unspecified atom stereocenters. The Morgan fingerprint density at radius 3 is 2.50 bits per heavy atom. The highest BCUT2D eigenvalue weighted by Crippen LogP contribution is 1.86. The van der Waals surface area contributed by atoms with Crippen LogP contribution in [0.4, 0.5) is 0 Å². The summed E-state index contributed by atoms with van der Waals surface area (Å²) in [5.41, 5.74) is 5.28. The Kier molecular flexibility index (Phi) is 4.68. The molecule has 0 aromatic heterocycles. The average Bonchev–Trinajstić information content (AvgIpc) is 2.02. The second-order valence-corrected chi connectivity index (χ2v) is 2.72. The maximum absolute atomic E-state index is 10.9. The van der Waals surface area contributed by atoms with Gasteiger partial charge in [-0.2, -0.15) is 12.6 Å². The van der Waals surface area contributed by atoms with Crippen LogP contribution in [0.2, 0.25) is 0 Å². The quantitative estimate of drug-likeness (QED) is 0.422. The van der Waals surface area contributed by atoms with Gasteiger partial charge in [-0.25, -0.2) is 0 Å². The molecule has 2 atom stereocenters. The molecular weight excluding hydrogens is 180 g/mol. The summed E-state index contributed by atoms with van der Waals surface area (Å²) < 4.78 is 0. The number of nitrogens with two attached hydrogens (primary N) is 1. The van der Waals surface area contributed by atoms with Gasteiger partial charge in [-0.05, 0) is 6.92 Å². The number of aliphatic carboxylic acids is 1. The van der Waals surface area contributed by atoms with Crippen molar-refractivity contribution in [3.05, 3.63) is 0 Å². The molecule has 0 fully saturated rings. The van der Waals surface area contributed by atoms with Gasteiger partial charge < -0.3 is 16.2 Å². The molecule has 0 radical (unpaired) electrons. The zero-order valence-corrected chi connectivity index (χ0v) is 7.54. The summed E-state index contributed by atoms with van der Waals surface area (Å²) in [7, 11) is 0. The molecule has 0 aliphatic rings. The third-order valence-electron chi connectivity index (χ3n) is 1.26. The van der Waals surface area contributed by atoms with Gasteiger partial charge in [-0.1, -0.05) is 0 Å². The van der Waals surface area contributed by atoms with E-state index in [1.807, 2.05) is 0 Å². The molecule has 0 spiro atoms. The lowest BCUT2D eigenvalue weighted by molar-refractivity contribution is -0.141. The topological polar surface area (TPSA) is 92.4 Å². The largest absolute Gasteiger partial charge is 0.480 e. The van der Waals surface area contributed by atoms with E-state index in [1.165, 1.54) is 6.92 Å². The molecule has 0 aromatic carbocycles. The van der Waals surface area contributed by atoms with Crippen LogP contribution in [0.5, 0.6) is 0 Å². The van der Waals surface area contributed by atoms with Crippen LogP contribution in [0.1, 0.15) is 6.92 Å². The first-order valence-corrected chi connectivity index (χ1v) is 4.02. The summed E-state index contributed by atoms with van der Waals surface area (Å²) in [6, 6.07) is -1.67. The first-order chi connectivity index (χ1) is 5.49. The van der Waals surface area contributed by atoms with Gasteiger partial charge in [0.05, 0.1) is 6.04 Å². The SMILES string of the molecule is C[C@@H](NC(=O)[C@H](N)CS)C(=O)O. The van der Waals surface area contributed by atoms with Crippen molar-refractivity contribution in [2.45, 2.75) is 19.0 Å². The number of thiol groups is 1. The van der Waals surface area contributed by atoms with Crippen molar-refractivity contribution in [2.75, 3.05) is 5.75 Å². The second kappa shape index (κ2) is 5.00. The van der Waals surface area contributed by atoms with E-state index in [0.717, 1.165) is 0 Å². The molecule has 70 valence electrons. The summed E-state index contributed by atoms with van der Waals surface area (Å²) >= 11 is 3.80. The molecular formula is C6H12N2O3S. The Hall–Kier alpha value is -0.750. The van der Waals surface area contributed by atoms with Crippen molar-refractivity contribution in [1.82, 2.24) is 5.32 Å². The molecule has 0 heterocycles. The lowest BCUT2D eigenvalue weighted by Crippen LogP contribution is -2.47. The van der Waals surface area contributed by atoms with Gasteiger partial charge in [-0.15, -0.1) is 0 Å². The second-order valence-electron chi connectivity index (χ2n) is 2.36. The van der Waals surface area contributed by atoms with Gasteiger partial charge >= 0.3 is 5.97 Å². The summed E-state index contributed by atoms with van der Waals surface area (Å²) in [5.74, 6) is -1.40.